The van der Waals surface area contributed by atoms with E-state index in [1.807, 2.05) is 18.6 Å². The number of aliphatic imine (C=N–C) groups is 1. The van der Waals surface area contributed by atoms with E-state index >= 15 is 0 Å². The summed E-state index contributed by atoms with van der Waals surface area (Å²) in [6.45, 7) is 6.54. The summed E-state index contributed by atoms with van der Waals surface area (Å²) in [6, 6.07) is 5.18. The van der Waals surface area contributed by atoms with E-state index in [1.54, 1.807) is 6.20 Å². The molecule has 1 atom stereocenters. The molecule has 0 spiro atoms. The molecule has 0 amide bonds. The van der Waals surface area contributed by atoms with Gasteiger partial charge in [0.25, 0.3) is 0 Å². The molecule has 2 fully saturated rings. The number of rotatable bonds is 8. The fourth-order valence-electron chi connectivity index (χ4n) is 5.31. The van der Waals surface area contributed by atoms with E-state index in [0.29, 0.717) is 12.0 Å². The van der Waals surface area contributed by atoms with Gasteiger partial charge in [0.1, 0.15) is 0 Å². The highest BCUT2D eigenvalue weighted by Crippen LogP contribution is 2.32. The maximum Gasteiger partial charge on any atom is 0.0967 e. The van der Waals surface area contributed by atoms with Crippen molar-refractivity contribution in [2.75, 3.05) is 18.0 Å². The van der Waals surface area contributed by atoms with E-state index in [9.17, 15) is 0 Å². The molecule has 4 rings (SSSR count). The number of aromatic nitrogens is 2. The number of piperidine rings is 1. The van der Waals surface area contributed by atoms with E-state index in [0.717, 1.165) is 42.5 Å². The second-order valence-corrected chi connectivity index (χ2v) is 9.71. The van der Waals surface area contributed by atoms with Crippen LogP contribution in [0.25, 0.3) is 11.0 Å². The smallest absolute Gasteiger partial charge is 0.0967 e. The summed E-state index contributed by atoms with van der Waals surface area (Å²) in [7, 11) is 0. The summed E-state index contributed by atoms with van der Waals surface area (Å²) in [4.78, 5) is 16.5. The molecule has 178 valence electrons. The summed E-state index contributed by atoms with van der Waals surface area (Å²) in [6.07, 6.45) is 18.1. The van der Waals surface area contributed by atoms with Gasteiger partial charge >= 0.3 is 0 Å². The molecule has 1 aliphatic carbocycles. The SMILES string of the molecule is CCC(/C=N\C(C)N[C@H]1CC[C@@H](Cc2cc(N3CCCCC3)cc3nccnc23)CC1)=C/N. The third kappa shape index (κ3) is 6.32. The van der Waals surface area contributed by atoms with Crippen LogP contribution < -0.4 is 16.0 Å². The molecule has 2 aliphatic rings. The van der Waals surface area contributed by atoms with Gasteiger partial charge in [-0.2, -0.15) is 0 Å². The molecule has 1 unspecified atom stereocenters. The zero-order valence-electron chi connectivity index (χ0n) is 20.3. The Labute approximate surface area is 198 Å². The number of nitrogens with two attached hydrogens (primary N) is 1. The van der Waals surface area contributed by atoms with Crippen molar-refractivity contribution in [3.05, 3.63) is 41.9 Å². The van der Waals surface area contributed by atoms with E-state index in [4.69, 9.17) is 10.7 Å². The number of allylic oxidation sites excluding steroid dienone is 1. The molecule has 0 bridgehead atoms. The first-order chi connectivity index (χ1) is 16.2. The minimum absolute atomic E-state index is 0.119. The Hall–Kier alpha value is -2.47. The average molecular weight is 449 g/mol. The zero-order chi connectivity index (χ0) is 23.0. The molecule has 3 N–H and O–H groups in total. The van der Waals surface area contributed by atoms with Gasteiger partial charge in [-0.3, -0.25) is 20.3 Å². The highest BCUT2D eigenvalue weighted by molar-refractivity contribution is 5.82. The number of benzene rings is 1. The number of anilines is 1. The highest BCUT2D eigenvalue weighted by Gasteiger charge is 2.24. The lowest BCUT2D eigenvalue weighted by Gasteiger charge is -2.31. The van der Waals surface area contributed by atoms with Gasteiger partial charge in [-0.1, -0.05) is 6.92 Å². The topological polar surface area (TPSA) is 79.4 Å². The molecule has 1 aliphatic heterocycles. The minimum atomic E-state index is 0.119. The lowest BCUT2D eigenvalue weighted by molar-refractivity contribution is 0.278. The van der Waals surface area contributed by atoms with Gasteiger partial charge in [0, 0.05) is 43.4 Å². The summed E-state index contributed by atoms with van der Waals surface area (Å²) in [5.41, 5.74) is 11.5. The first-order valence-electron chi connectivity index (χ1n) is 12.8. The van der Waals surface area contributed by atoms with Crippen LogP contribution in [0, 0.1) is 5.92 Å². The van der Waals surface area contributed by atoms with Crippen molar-refractivity contribution in [2.24, 2.45) is 16.6 Å². The van der Waals surface area contributed by atoms with Gasteiger partial charge in [-0.25, -0.2) is 0 Å². The summed E-state index contributed by atoms with van der Waals surface area (Å²) >= 11 is 0. The molecule has 6 nitrogen and oxygen atoms in total. The van der Waals surface area contributed by atoms with Crippen LogP contribution >= 0.6 is 0 Å². The molecule has 2 heterocycles. The largest absolute Gasteiger partial charge is 0.404 e. The molecule has 1 saturated heterocycles. The third-order valence-corrected chi connectivity index (χ3v) is 7.28. The van der Waals surface area contributed by atoms with Crippen LogP contribution in [0.1, 0.15) is 70.8 Å². The Bertz CT molecular complexity index is 954. The van der Waals surface area contributed by atoms with Crippen LogP contribution in [-0.2, 0) is 6.42 Å². The van der Waals surface area contributed by atoms with E-state index in [1.165, 1.54) is 56.2 Å². The molecule has 1 saturated carbocycles. The van der Waals surface area contributed by atoms with Crippen molar-refractivity contribution >= 4 is 22.9 Å². The lowest BCUT2D eigenvalue weighted by Crippen LogP contribution is -2.38. The minimum Gasteiger partial charge on any atom is -0.404 e. The van der Waals surface area contributed by atoms with Crippen LogP contribution in [0.15, 0.2) is 41.3 Å². The second kappa shape index (κ2) is 11.6. The zero-order valence-corrected chi connectivity index (χ0v) is 20.3. The molecule has 1 aromatic heterocycles. The molecule has 33 heavy (non-hydrogen) atoms. The summed E-state index contributed by atoms with van der Waals surface area (Å²) in [5, 5.41) is 3.69. The van der Waals surface area contributed by atoms with Gasteiger partial charge in [0.2, 0.25) is 0 Å². The fraction of sp³-hybridized carbons (Fsp3) is 0.593. The summed E-state index contributed by atoms with van der Waals surface area (Å²) in [5.74, 6) is 0.704. The van der Waals surface area contributed by atoms with Gasteiger partial charge in [0.15, 0.2) is 0 Å². The van der Waals surface area contributed by atoms with Crippen LogP contribution in [0.2, 0.25) is 0 Å². The quantitative estimate of drug-likeness (QED) is 0.557. The van der Waals surface area contributed by atoms with Gasteiger partial charge in [0.05, 0.1) is 17.2 Å². The van der Waals surface area contributed by atoms with E-state index in [-0.39, 0.29) is 6.17 Å². The van der Waals surface area contributed by atoms with Gasteiger partial charge < -0.3 is 10.6 Å². The lowest BCUT2D eigenvalue weighted by atomic mass is 9.82. The molecule has 1 aromatic carbocycles. The van der Waals surface area contributed by atoms with Crippen molar-refractivity contribution in [1.82, 2.24) is 15.3 Å². The normalized spacial score (nSPS) is 23.3. The molecule has 0 radical (unpaired) electrons. The van der Waals surface area contributed by atoms with E-state index in [2.05, 4.69) is 46.2 Å². The van der Waals surface area contributed by atoms with Crippen molar-refractivity contribution < 1.29 is 0 Å². The number of hydrogen-bond donors (Lipinski definition) is 2. The maximum atomic E-state index is 5.63. The van der Waals surface area contributed by atoms with E-state index < -0.39 is 0 Å². The van der Waals surface area contributed by atoms with Crippen LogP contribution in [0.5, 0.6) is 0 Å². The number of hydrogen-bond acceptors (Lipinski definition) is 6. The van der Waals surface area contributed by atoms with Crippen molar-refractivity contribution in [3.63, 3.8) is 0 Å². The first kappa shape index (κ1) is 23.7. The molecule has 2 aromatic rings. The highest BCUT2D eigenvalue weighted by atomic mass is 15.1. The fourth-order valence-corrected chi connectivity index (χ4v) is 5.31. The maximum absolute atomic E-state index is 5.63. The Balaban J connectivity index is 1.37. The van der Waals surface area contributed by atoms with Crippen molar-refractivity contribution in [1.29, 1.82) is 0 Å². The number of nitrogens with one attached hydrogen (secondary N) is 1. The number of nitrogens with zero attached hydrogens (tertiary/aromatic N) is 4. The first-order valence-corrected chi connectivity index (χ1v) is 12.8. The predicted molar refractivity (Wildman–Crippen MR) is 139 cm³/mol. The van der Waals surface area contributed by atoms with Crippen molar-refractivity contribution in [2.45, 2.75) is 83.8 Å². The Kier molecular flexibility index (Phi) is 8.32. The third-order valence-electron chi connectivity index (χ3n) is 7.28. The standard InChI is InChI=1S/C27H40N6/c1-3-21(18-28)19-31-20(2)32-24-9-7-22(8-10-24)15-23-16-25(33-13-5-4-6-14-33)17-26-27(23)30-12-11-29-26/h11-12,16-20,22,24,32H,3-10,13-15,28H2,1-2H3/b21-18-,31-19-/t20?,22-,24+. The predicted octanol–water partition coefficient (Wildman–Crippen LogP) is 4.98. The Morgan fingerprint density at radius 1 is 1.15 bits per heavy atom. The van der Waals surface area contributed by atoms with Gasteiger partial charge in [-0.15, -0.1) is 0 Å². The van der Waals surface area contributed by atoms with Gasteiger partial charge in [-0.05, 0) is 100 Å². The Morgan fingerprint density at radius 3 is 2.64 bits per heavy atom. The molecular weight excluding hydrogens is 408 g/mol. The Morgan fingerprint density at radius 2 is 1.91 bits per heavy atom. The molecular formula is C27H40N6. The van der Waals surface area contributed by atoms with Crippen molar-refractivity contribution in [3.8, 4) is 0 Å². The summed E-state index contributed by atoms with van der Waals surface area (Å²) < 4.78 is 0. The molecule has 6 heteroatoms. The average Bonchev–Trinajstić information content (AvgIpc) is 2.86. The van der Waals surface area contributed by atoms with Crippen LogP contribution in [0.4, 0.5) is 5.69 Å². The monoisotopic (exact) mass is 448 g/mol. The number of fused-ring (bicyclic) bond motifs is 1. The van der Waals surface area contributed by atoms with Crippen LogP contribution in [0.3, 0.4) is 0 Å². The second-order valence-electron chi connectivity index (χ2n) is 9.71. The van der Waals surface area contributed by atoms with Crippen LogP contribution in [-0.4, -0.2) is 41.5 Å².